The predicted molar refractivity (Wildman–Crippen MR) is 59.6 cm³/mol. The summed E-state index contributed by atoms with van der Waals surface area (Å²) in [5.74, 6) is -0.353. The second-order valence-corrected chi connectivity index (χ2v) is 5.40. The van der Waals surface area contributed by atoms with Crippen molar-refractivity contribution in [2.45, 2.75) is 18.0 Å². The number of hydrogen-bond acceptors (Lipinski definition) is 5. The third kappa shape index (κ3) is 3.28. The molecule has 0 saturated heterocycles. The maximum absolute atomic E-state index is 11.2. The predicted octanol–water partition coefficient (Wildman–Crippen LogP) is -0.229. The van der Waals surface area contributed by atoms with Crippen molar-refractivity contribution in [1.82, 2.24) is 4.98 Å². The Morgan fingerprint density at radius 3 is 2.50 bits per heavy atom. The van der Waals surface area contributed by atoms with Gasteiger partial charge < -0.3 is 11.1 Å². The van der Waals surface area contributed by atoms with Crippen LogP contribution in [0.15, 0.2) is 23.4 Å². The third-order valence-corrected chi connectivity index (χ3v) is 2.80. The fourth-order valence-electron chi connectivity index (χ4n) is 0.930. The number of pyridine rings is 1. The smallest absolute Gasteiger partial charge is 0.241 e. The molecule has 1 rings (SSSR count). The first-order valence-corrected chi connectivity index (χ1v) is 6.42. The molecule has 0 saturated carbocycles. The lowest BCUT2D eigenvalue weighted by molar-refractivity contribution is -0.117. The van der Waals surface area contributed by atoms with E-state index in [2.05, 4.69) is 10.3 Å². The van der Waals surface area contributed by atoms with Gasteiger partial charge in [-0.2, -0.15) is 0 Å². The van der Waals surface area contributed by atoms with E-state index in [9.17, 15) is 13.2 Å². The summed E-state index contributed by atoms with van der Waals surface area (Å²) in [4.78, 5) is 14.9. The number of anilines is 1. The first-order valence-electron chi connectivity index (χ1n) is 4.53. The summed E-state index contributed by atoms with van der Waals surface area (Å²) in [5, 5.41) is 2.46. The van der Waals surface area contributed by atoms with Gasteiger partial charge >= 0.3 is 0 Å². The molecular formula is C9H13N3O3S. The highest BCUT2D eigenvalue weighted by Crippen LogP contribution is 2.10. The number of hydrogen-bond donors (Lipinski definition) is 2. The molecule has 0 aliphatic rings. The van der Waals surface area contributed by atoms with Crippen molar-refractivity contribution < 1.29 is 13.2 Å². The maximum atomic E-state index is 11.2. The van der Waals surface area contributed by atoms with Crippen LogP contribution >= 0.6 is 0 Å². The van der Waals surface area contributed by atoms with E-state index in [1.165, 1.54) is 18.3 Å². The van der Waals surface area contributed by atoms with Crippen LogP contribution in [0.5, 0.6) is 0 Å². The first kappa shape index (κ1) is 12.6. The minimum Gasteiger partial charge on any atom is -0.323 e. The highest BCUT2D eigenvalue weighted by molar-refractivity contribution is 7.90. The Balaban J connectivity index is 2.84. The molecule has 0 aromatic carbocycles. The Morgan fingerprint density at radius 2 is 2.12 bits per heavy atom. The summed E-state index contributed by atoms with van der Waals surface area (Å²) in [6.45, 7) is 1.55. The molecule has 1 aromatic heterocycles. The minimum atomic E-state index is -3.31. The Hall–Kier alpha value is -1.47. The molecule has 7 heteroatoms. The zero-order valence-corrected chi connectivity index (χ0v) is 9.78. The van der Waals surface area contributed by atoms with Crippen LogP contribution in [0.25, 0.3) is 0 Å². The largest absolute Gasteiger partial charge is 0.323 e. The van der Waals surface area contributed by atoms with E-state index in [0.29, 0.717) is 5.69 Å². The molecular weight excluding hydrogens is 230 g/mol. The van der Waals surface area contributed by atoms with Crippen molar-refractivity contribution >= 4 is 21.4 Å². The molecule has 1 heterocycles. The van der Waals surface area contributed by atoms with Crippen molar-refractivity contribution in [3.8, 4) is 0 Å². The van der Waals surface area contributed by atoms with Gasteiger partial charge in [0.15, 0.2) is 14.9 Å². The highest BCUT2D eigenvalue weighted by atomic mass is 32.2. The second-order valence-electron chi connectivity index (χ2n) is 3.44. The van der Waals surface area contributed by atoms with E-state index < -0.39 is 15.9 Å². The van der Waals surface area contributed by atoms with Crippen LogP contribution in [-0.4, -0.2) is 31.6 Å². The van der Waals surface area contributed by atoms with Crippen LogP contribution in [0.3, 0.4) is 0 Å². The quantitative estimate of drug-likeness (QED) is 0.763. The number of carbonyl (C=O) groups excluding carboxylic acids is 1. The number of carbonyl (C=O) groups is 1. The first-order chi connectivity index (χ1) is 7.30. The molecule has 1 atom stereocenters. The molecule has 0 spiro atoms. The van der Waals surface area contributed by atoms with E-state index in [-0.39, 0.29) is 10.9 Å². The molecule has 0 unspecified atom stereocenters. The van der Waals surface area contributed by atoms with E-state index in [4.69, 9.17) is 5.73 Å². The number of sulfone groups is 1. The normalized spacial score (nSPS) is 13.2. The molecule has 3 N–H and O–H groups in total. The van der Waals surface area contributed by atoms with E-state index in [1.807, 2.05) is 0 Å². The zero-order valence-electron chi connectivity index (χ0n) is 8.97. The van der Waals surface area contributed by atoms with Crippen LogP contribution in [-0.2, 0) is 14.6 Å². The fourth-order valence-corrected chi connectivity index (χ4v) is 1.49. The van der Waals surface area contributed by atoms with Gasteiger partial charge in [-0.05, 0) is 19.1 Å². The Morgan fingerprint density at radius 1 is 1.50 bits per heavy atom. The second kappa shape index (κ2) is 4.58. The average molecular weight is 243 g/mol. The van der Waals surface area contributed by atoms with Crippen molar-refractivity contribution in [1.29, 1.82) is 0 Å². The molecule has 1 aromatic rings. The van der Waals surface area contributed by atoms with Gasteiger partial charge in [-0.1, -0.05) is 0 Å². The number of nitrogens with one attached hydrogen (secondary N) is 1. The lowest BCUT2D eigenvalue weighted by Crippen LogP contribution is -2.32. The summed E-state index contributed by atoms with van der Waals surface area (Å²) in [7, 11) is -3.31. The number of nitrogens with two attached hydrogens (primary N) is 1. The van der Waals surface area contributed by atoms with Gasteiger partial charge in [-0.15, -0.1) is 0 Å². The number of aromatic nitrogens is 1. The standard InChI is InChI=1S/C9H13N3O3S/c1-6(10)9(13)12-7-3-4-8(11-5-7)16(2,14)15/h3-6H,10H2,1-2H3,(H,12,13)/t6-/m0/s1. The Labute approximate surface area is 93.8 Å². The third-order valence-electron chi connectivity index (χ3n) is 1.80. The van der Waals surface area contributed by atoms with Crippen molar-refractivity contribution in [2.24, 2.45) is 5.73 Å². The Bertz CT molecular complexity index is 479. The maximum Gasteiger partial charge on any atom is 0.241 e. The molecule has 0 fully saturated rings. The molecule has 0 bridgehead atoms. The number of nitrogens with zero attached hydrogens (tertiary/aromatic N) is 1. The van der Waals surface area contributed by atoms with Gasteiger partial charge in [0.1, 0.15) is 0 Å². The summed E-state index contributed by atoms with van der Waals surface area (Å²) in [6.07, 6.45) is 2.34. The molecule has 6 nitrogen and oxygen atoms in total. The van der Waals surface area contributed by atoms with E-state index in [1.54, 1.807) is 6.92 Å². The van der Waals surface area contributed by atoms with Crippen LogP contribution in [0.4, 0.5) is 5.69 Å². The summed E-state index contributed by atoms with van der Waals surface area (Å²) < 4.78 is 22.2. The van der Waals surface area contributed by atoms with Crippen molar-refractivity contribution in [3.05, 3.63) is 18.3 Å². The zero-order chi connectivity index (χ0) is 12.3. The summed E-state index contributed by atoms with van der Waals surface area (Å²) in [5.41, 5.74) is 5.77. The van der Waals surface area contributed by atoms with Crippen LogP contribution in [0, 0.1) is 0 Å². The number of rotatable bonds is 3. The van der Waals surface area contributed by atoms with E-state index >= 15 is 0 Å². The topological polar surface area (TPSA) is 102 Å². The van der Waals surface area contributed by atoms with Crippen molar-refractivity contribution in [3.63, 3.8) is 0 Å². The highest BCUT2D eigenvalue weighted by Gasteiger charge is 2.10. The molecule has 0 aliphatic heterocycles. The number of amides is 1. The lowest BCUT2D eigenvalue weighted by Gasteiger charge is -2.07. The molecule has 88 valence electrons. The minimum absolute atomic E-state index is 0.0358. The molecule has 1 amide bonds. The van der Waals surface area contributed by atoms with Crippen molar-refractivity contribution in [2.75, 3.05) is 11.6 Å². The van der Waals surface area contributed by atoms with Gasteiger partial charge in [0, 0.05) is 6.26 Å². The lowest BCUT2D eigenvalue weighted by atomic mass is 10.3. The van der Waals surface area contributed by atoms with Gasteiger partial charge in [-0.25, -0.2) is 13.4 Å². The van der Waals surface area contributed by atoms with Gasteiger partial charge in [-0.3, -0.25) is 4.79 Å². The van der Waals surface area contributed by atoms with Crippen LogP contribution < -0.4 is 11.1 Å². The van der Waals surface area contributed by atoms with Crippen LogP contribution in [0.1, 0.15) is 6.92 Å². The average Bonchev–Trinajstić information content (AvgIpc) is 2.17. The Kier molecular flexibility index (Phi) is 3.61. The fraction of sp³-hybridized carbons (Fsp3) is 0.333. The summed E-state index contributed by atoms with van der Waals surface area (Å²) >= 11 is 0. The van der Waals surface area contributed by atoms with Gasteiger partial charge in [0.2, 0.25) is 5.91 Å². The molecule has 0 radical (unpaired) electrons. The monoisotopic (exact) mass is 243 g/mol. The van der Waals surface area contributed by atoms with Crippen LogP contribution in [0.2, 0.25) is 0 Å². The van der Waals surface area contributed by atoms with Gasteiger partial charge in [0.25, 0.3) is 0 Å². The molecule has 16 heavy (non-hydrogen) atoms. The van der Waals surface area contributed by atoms with Gasteiger partial charge in [0.05, 0.1) is 17.9 Å². The SMILES string of the molecule is C[C@H](N)C(=O)Nc1ccc(S(C)(=O)=O)nc1. The van der Waals surface area contributed by atoms with E-state index in [0.717, 1.165) is 6.26 Å². The molecule has 0 aliphatic carbocycles. The summed E-state index contributed by atoms with van der Waals surface area (Å²) in [6, 6.07) is 2.16.